The summed E-state index contributed by atoms with van der Waals surface area (Å²) in [6.07, 6.45) is 2.11. The maximum Gasteiger partial charge on any atom is 0.290 e. The van der Waals surface area contributed by atoms with Gasteiger partial charge in [-0.1, -0.05) is 19.1 Å². The summed E-state index contributed by atoms with van der Waals surface area (Å²) in [5.74, 6) is -1.50. The van der Waals surface area contributed by atoms with Gasteiger partial charge in [-0.15, -0.1) is 0 Å². The molecule has 1 atom stereocenters. The maximum atomic E-state index is 12.9. The second kappa shape index (κ2) is 7.38. The van der Waals surface area contributed by atoms with Crippen LogP contribution in [0, 0.1) is 5.82 Å². The number of likely N-dealkylation sites (tertiary alicyclic amines) is 1. The van der Waals surface area contributed by atoms with Gasteiger partial charge in [0.1, 0.15) is 18.8 Å². The van der Waals surface area contributed by atoms with Crippen LogP contribution >= 0.6 is 0 Å². The van der Waals surface area contributed by atoms with E-state index in [2.05, 4.69) is 9.97 Å². The summed E-state index contributed by atoms with van der Waals surface area (Å²) in [6.45, 7) is 3.06. The molecule has 0 saturated carbocycles. The Kier molecular flexibility index (Phi) is 5.02. The van der Waals surface area contributed by atoms with Crippen LogP contribution in [-0.2, 0) is 16.2 Å². The quantitative estimate of drug-likeness (QED) is 0.751. The summed E-state index contributed by atoms with van der Waals surface area (Å²) in [5, 5.41) is 0. The molecule has 130 valence electrons. The minimum absolute atomic E-state index is 0.218. The highest BCUT2D eigenvalue weighted by molar-refractivity contribution is 6.40. The fourth-order valence-electron chi connectivity index (χ4n) is 2.74. The minimum atomic E-state index is -0.588. The molecule has 1 aromatic carbocycles. The molecule has 0 radical (unpaired) electrons. The predicted octanol–water partition coefficient (Wildman–Crippen LogP) is 2.10. The van der Waals surface area contributed by atoms with Crippen LogP contribution in [0.5, 0.6) is 5.88 Å². The molecule has 25 heavy (non-hydrogen) atoms. The van der Waals surface area contributed by atoms with Crippen molar-refractivity contribution in [3.05, 3.63) is 53.7 Å². The second-order valence-corrected chi connectivity index (χ2v) is 5.86. The molecule has 1 unspecified atom stereocenters. The van der Waals surface area contributed by atoms with Gasteiger partial charge in [-0.2, -0.15) is 0 Å². The van der Waals surface area contributed by atoms with Crippen molar-refractivity contribution >= 4 is 11.7 Å². The first-order chi connectivity index (χ1) is 12.1. The summed E-state index contributed by atoms with van der Waals surface area (Å²) in [6, 6.07) is 7.54. The number of benzene rings is 1. The smallest absolute Gasteiger partial charge is 0.290 e. The Morgan fingerprint density at radius 2 is 2.00 bits per heavy atom. The Morgan fingerprint density at radius 3 is 2.72 bits per heavy atom. The van der Waals surface area contributed by atoms with Gasteiger partial charge in [-0.05, 0) is 24.1 Å². The average molecular weight is 343 g/mol. The van der Waals surface area contributed by atoms with Gasteiger partial charge in [0, 0.05) is 19.2 Å². The van der Waals surface area contributed by atoms with Crippen LogP contribution in [0.2, 0.25) is 0 Å². The highest BCUT2D eigenvalue weighted by Crippen LogP contribution is 2.25. The van der Waals surface area contributed by atoms with E-state index in [1.165, 1.54) is 18.5 Å². The SMILES string of the molecule is CCCN1CC(c2cc(OCc3ccc(F)cc3)ncn2)C(=O)C1=O. The first-order valence-corrected chi connectivity index (χ1v) is 8.10. The predicted molar refractivity (Wildman–Crippen MR) is 87.4 cm³/mol. The number of nitrogens with zero attached hydrogens (tertiary/aromatic N) is 3. The molecule has 0 bridgehead atoms. The van der Waals surface area contributed by atoms with Crippen LogP contribution in [0.4, 0.5) is 4.39 Å². The molecule has 1 saturated heterocycles. The molecular formula is C18H18FN3O3. The van der Waals surface area contributed by atoms with Gasteiger partial charge in [0.2, 0.25) is 11.7 Å². The van der Waals surface area contributed by atoms with Crippen molar-refractivity contribution in [2.24, 2.45) is 0 Å². The van der Waals surface area contributed by atoms with Gasteiger partial charge in [-0.3, -0.25) is 9.59 Å². The first kappa shape index (κ1) is 17.0. The van der Waals surface area contributed by atoms with Crippen molar-refractivity contribution in [3.63, 3.8) is 0 Å². The topological polar surface area (TPSA) is 72.4 Å². The van der Waals surface area contributed by atoms with Crippen molar-refractivity contribution in [2.45, 2.75) is 25.9 Å². The zero-order valence-electron chi connectivity index (χ0n) is 13.8. The Hall–Kier alpha value is -2.83. The second-order valence-electron chi connectivity index (χ2n) is 5.86. The van der Waals surface area contributed by atoms with Gasteiger partial charge in [-0.25, -0.2) is 14.4 Å². The van der Waals surface area contributed by atoms with E-state index < -0.39 is 17.6 Å². The Morgan fingerprint density at radius 1 is 1.24 bits per heavy atom. The number of carbonyl (C=O) groups excluding carboxylic acids is 2. The maximum absolute atomic E-state index is 12.9. The Labute approximate surface area is 144 Å². The summed E-state index contributed by atoms with van der Waals surface area (Å²) in [5.41, 5.74) is 1.27. The van der Waals surface area contributed by atoms with Crippen LogP contribution < -0.4 is 4.74 Å². The highest BCUT2D eigenvalue weighted by Gasteiger charge is 2.40. The standard InChI is InChI=1S/C18H18FN3O3/c1-2-7-22-9-14(17(23)18(22)24)15-8-16(21-11-20-15)25-10-12-3-5-13(19)6-4-12/h3-6,8,11,14H,2,7,9-10H2,1H3. The first-order valence-electron chi connectivity index (χ1n) is 8.10. The molecule has 1 fully saturated rings. The van der Waals surface area contributed by atoms with Crippen LogP contribution in [0.1, 0.15) is 30.5 Å². The van der Waals surface area contributed by atoms with Crippen molar-refractivity contribution in [1.29, 1.82) is 0 Å². The number of ketones is 1. The van der Waals surface area contributed by atoms with Crippen molar-refractivity contribution < 1.29 is 18.7 Å². The molecule has 7 heteroatoms. The Bertz CT molecular complexity index is 779. The molecule has 1 aliphatic rings. The zero-order valence-corrected chi connectivity index (χ0v) is 13.8. The van der Waals surface area contributed by atoms with Crippen LogP contribution in [0.25, 0.3) is 0 Å². The number of hydrogen-bond donors (Lipinski definition) is 0. The Balaban J connectivity index is 1.70. The molecule has 0 N–H and O–H groups in total. The number of ether oxygens (including phenoxy) is 1. The molecule has 2 aromatic rings. The molecular weight excluding hydrogens is 325 g/mol. The molecule has 0 spiro atoms. The van der Waals surface area contributed by atoms with Gasteiger partial charge in [0.15, 0.2) is 0 Å². The lowest BCUT2D eigenvalue weighted by Crippen LogP contribution is -2.27. The molecule has 0 aliphatic carbocycles. The van der Waals surface area contributed by atoms with Crippen molar-refractivity contribution in [3.8, 4) is 5.88 Å². The van der Waals surface area contributed by atoms with Crippen LogP contribution in [-0.4, -0.2) is 39.6 Å². The summed E-state index contributed by atoms with van der Waals surface area (Å²) in [7, 11) is 0. The van der Waals surface area contributed by atoms with Gasteiger partial charge < -0.3 is 9.64 Å². The molecule has 1 amide bonds. The lowest BCUT2D eigenvalue weighted by molar-refractivity contribution is -0.140. The number of rotatable bonds is 6. The fourth-order valence-corrected chi connectivity index (χ4v) is 2.74. The third kappa shape index (κ3) is 3.81. The van der Waals surface area contributed by atoms with E-state index in [1.54, 1.807) is 23.1 Å². The number of hydrogen-bond acceptors (Lipinski definition) is 5. The van der Waals surface area contributed by atoms with Crippen molar-refractivity contribution in [2.75, 3.05) is 13.1 Å². The van der Waals surface area contributed by atoms with Crippen LogP contribution in [0.15, 0.2) is 36.7 Å². The monoisotopic (exact) mass is 343 g/mol. The number of carbonyl (C=O) groups is 2. The number of halogens is 1. The third-order valence-electron chi connectivity index (χ3n) is 4.03. The molecule has 3 rings (SSSR count). The summed E-state index contributed by atoms with van der Waals surface area (Å²) >= 11 is 0. The average Bonchev–Trinajstić information content (AvgIpc) is 2.90. The summed E-state index contributed by atoms with van der Waals surface area (Å²) < 4.78 is 18.5. The lowest BCUT2D eigenvalue weighted by Gasteiger charge is -2.13. The summed E-state index contributed by atoms with van der Waals surface area (Å²) in [4.78, 5) is 33.9. The molecule has 1 aromatic heterocycles. The third-order valence-corrected chi connectivity index (χ3v) is 4.03. The normalized spacial score (nSPS) is 17.2. The minimum Gasteiger partial charge on any atom is -0.473 e. The van der Waals surface area contributed by atoms with E-state index in [9.17, 15) is 14.0 Å². The van der Waals surface area contributed by atoms with Crippen molar-refractivity contribution in [1.82, 2.24) is 14.9 Å². The zero-order chi connectivity index (χ0) is 17.8. The lowest BCUT2D eigenvalue weighted by atomic mass is 10.0. The highest BCUT2D eigenvalue weighted by atomic mass is 19.1. The number of amides is 1. The van der Waals surface area contributed by atoms with Gasteiger partial charge in [0.05, 0.1) is 11.6 Å². The number of Topliss-reactive ketones (excluding diaryl/α,β-unsaturated/α-hetero) is 1. The number of aromatic nitrogens is 2. The van der Waals surface area contributed by atoms with E-state index in [-0.39, 0.29) is 12.4 Å². The van der Waals surface area contributed by atoms with Gasteiger partial charge >= 0.3 is 0 Å². The van der Waals surface area contributed by atoms with E-state index in [4.69, 9.17) is 4.74 Å². The van der Waals surface area contributed by atoms with E-state index in [0.717, 1.165) is 12.0 Å². The van der Waals surface area contributed by atoms with E-state index >= 15 is 0 Å². The fraction of sp³-hybridized carbons (Fsp3) is 0.333. The van der Waals surface area contributed by atoms with Crippen LogP contribution in [0.3, 0.4) is 0 Å². The molecule has 1 aliphatic heterocycles. The molecule has 2 heterocycles. The van der Waals surface area contributed by atoms with E-state index in [1.807, 2.05) is 6.92 Å². The molecule has 6 nitrogen and oxygen atoms in total. The van der Waals surface area contributed by atoms with E-state index in [0.29, 0.717) is 24.7 Å². The largest absolute Gasteiger partial charge is 0.473 e. The van der Waals surface area contributed by atoms with Gasteiger partial charge in [0.25, 0.3) is 5.91 Å².